The highest BCUT2D eigenvalue weighted by Crippen LogP contribution is 2.47. The van der Waals surface area contributed by atoms with Crippen LogP contribution in [0.2, 0.25) is 0 Å². The van der Waals surface area contributed by atoms with Crippen molar-refractivity contribution in [1.82, 2.24) is 39.0 Å². The van der Waals surface area contributed by atoms with E-state index in [0.717, 1.165) is 127 Å². The number of benzene rings is 17. The van der Waals surface area contributed by atoms with Gasteiger partial charge in [-0.1, -0.05) is 322 Å². The van der Waals surface area contributed by atoms with Gasteiger partial charge in [0.2, 0.25) is 0 Å². The van der Waals surface area contributed by atoms with Crippen LogP contribution < -0.4 is 0 Å². The summed E-state index contributed by atoms with van der Waals surface area (Å²) in [5, 5.41) is 14.1. The van der Waals surface area contributed by atoms with Gasteiger partial charge < -0.3 is 18.0 Å². The number of aromatic nitrogens is 8. The van der Waals surface area contributed by atoms with Crippen LogP contribution in [-0.4, -0.2) is 39.0 Å². The Labute approximate surface area is 654 Å². The van der Waals surface area contributed by atoms with E-state index in [1.807, 2.05) is 133 Å². The lowest BCUT2D eigenvalue weighted by Gasteiger charge is -2.13. The second kappa shape index (κ2) is 27.2. The average Bonchev–Trinajstić information content (AvgIpc) is 1.57. The Bertz CT molecular complexity index is 7570. The largest absolute Gasteiger partial charge is 0.455 e. The quantitative estimate of drug-likeness (QED) is 0.126. The standard InChI is InChI=1S/C55H34N4O.C49H30N4O/c1-4-14-35(15-5-1)41-29-31-46-45(34-41)50-42-21-11-10-16-36(42)28-32-47(50)59(46)48-33-30-43(51-44-22-12-13-23-49(44)60-52(48)51)37-24-26-40(27-25-37)55-57-53(38-17-6-2-7-18-38)56-54(58-55)39-19-8-3-9-20-39;1-3-13-32(14-4-1)47-50-48(33-15-5-2-6-16-33)52-49(51-47)34-25-23-31(24-26-34)37-27-28-42(45-39-20-10-12-22-44(39)54-46(37)45)53-41-21-11-9-19-38(41)40-29-35-17-7-8-18-36(35)30-43(40)53/h1-34H;1-30H. The number of rotatable bonds is 11. The van der Waals surface area contributed by atoms with Gasteiger partial charge in [-0.3, -0.25) is 0 Å². The van der Waals surface area contributed by atoms with Crippen LogP contribution in [0.15, 0.2) is 397 Å². The van der Waals surface area contributed by atoms with E-state index in [2.05, 4.69) is 264 Å². The first-order valence-corrected chi connectivity index (χ1v) is 38.3. The lowest BCUT2D eigenvalue weighted by Crippen LogP contribution is -2.00. The van der Waals surface area contributed by atoms with Gasteiger partial charge in [-0.25, -0.2) is 29.9 Å². The second-order valence-electron chi connectivity index (χ2n) is 28.8. The van der Waals surface area contributed by atoms with Crippen molar-refractivity contribution < 1.29 is 8.83 Å². The molecule has 6 heterocycles. The molecule has 0 atom stereocenters. The smallest absolute Gasteiger partial charge is 0.164 e. The molecule has 0 unspecified atom stereocenters. The number of nitrogens with zero attached hydrogens (tertiary/aromatic N) is 8. The molecular weight excluding hydrogens is 1390 g/mol. The zero-order valence-corrected chi connectivity index (χ0v) is 61.3. The molecule has 23 rings (SSSR count). The molecule has 0 saturated carbocycles. The molecular formula is C104H64N8O2. The molecule has 0 aliphatic rings. The van der Waals surface area contributed by atoms with Gasteiger partial charge in [-0.2, -0.15) is 0 Å². The second-order valence-corrected chi connectivity index (χ2v) is 28.8. The van der Waals surface area contributed by atoms with Crippen molar-refractivity contribution in [3.63, 3.8) is 0 Å². The highest BCUT2D eigenvalue weighted by molar-refractivity contribution is 6.24. The Morgan fingerprint density at radius 3 is 1.11 bits per heavy atom. The molecule has 6 aromatic heterocycles. The van der Waals surface area contributed by atoms with E-state index >= 15 is 0 Å². The molecule has 0 bridgehead atoms. The van der Waals surface area contributed by atoms with Crippen molar-refractivity contribution in [2.45, 2.75) is 0 Å². The van der Waals surface area contributed by atoms with Crippen LogP contribution in [-0.2, 0) is 0 Å². The fourth-order valence-corrected chi connectivity index (χ4v) is 16.7. The maximum Gasteiger partial charge on any atom is 0.164 e. The first-order valence-electron chi connectivity index (χ1n) is 38.3. The van der Waals surface area contributed by atoms with Crippen molar-refractivity contribution >= 4 is 109 Å². The van der Waals surface area contributed by atoms with E-state index in [9.17, 15) is 0 Å². The molecule has 0 N–H and O–H groups in total. The van der Waals surface area contributed by atoms with E-state index in [4.69, 9.17) is 38.7 Å². The van der Waals surface area contributed by atoms with E-state index in [1.165, 1.54) is 59.7 Å². The molecule has 10 heteroatoms. The maximum atomic E-state index is 6.90. The minimum Gasteiger partial charge on any atom is -0.455 e. The Balaban J connectivity index is 0.000000140. The SMILES string of the molecule is c1ccc(-c2ccc3c(c2)c2c4ccccc4ccc2n3-c2ccc(-c3ccc(-c4nc(-c5ccccc5)nc(-c5ccccc5)n4)cc3)c3c2oc2ccccc23)cc1.c1ccc(-c2nc(-c3ccccc3)nc(-c3ccc(-c4ccc(-n5c6ccccc6c6cc7ccccc7cc65)c5c4oc4ccccc45)cc3)n2)cc1. The lowest BCUT2D eigenvalue weighted by molar-refractivity contribution is 0.666. The maximum absolute atomic E-state index is 6.90. The summed E-state index contributed by atoms with van der Waals surface area (Å²) >= 11 is 0. The number of hydrogen-bond acceptors (Lipinski definition) is 8. The molecule has 23 aromatic rings. The van der Waals surface area contributed by atoms with Crippen molar-refractivity contribution in [2.75, 3.05) is 0 Å². The van der Waals surface area contributed by atoms with Gasteiger partial charge in [-0.05, 0) is 116 Å². The van der Waals surface area contributed by atoms with Crippen LogP contribution in [0.1, 0.15) is 0 Å². The molecule has 0 saturated heterocycles. The zero-order chi connectivity index (χ0) is 75.2. The summed E-state index contributed by atoms with van der Waals surface area (Å²) < 4.78 is 18.5. The summed E-state index contributed by atoms with van der Waals surface area (Å²) in [6.07, 6.45) is 0. The molecule has 0 fully saturated rings. The summed E-state index contributed by atoms with van der Waals surface area (Å²) in [4.78, 5) is 29.6. The van der Waals surface area contributed by atoms with E-state index in [1.54, 1.807) is 0 Å². The fraction of sp³-hybridized carbons (Fsp3) is 0. The van der Waals surface area contributed by atoms with E-state index < -0.39 is 0 Å². The lowest BCUT2D eigenvalue weighted by atomic mass is 9.97. The third kappa shape index (κ3) is 11.3. The van der Waals surface area contributed by atoms with Crippen LogP contribution in [0.5, 0.6) is 0 Å². The Morgan fingerprint density at radius 2 is 0.561 bits per heavy atom. The highest BCUT2D eigenvalue weighted by Gasteiger charge is 2.26. The van der Waals surface area contributed by atoms with Crippen LogP contribution in [0, 0.1) is 0 Å². The molecule has 17 aromatic carbocycles. The van der Waals surface area contributed by atoms with Gasteiger partial charge in [0.1, 0.15) is 16.7 Å². The fourth-order valence-electron chi connectivity index (χ4n) is 16.7. The molecule has 0 aliphatic heterocycles. The van der Waals surface area contributed by atoms with E-state index in [-0.39, 0.29) is 0 Å². The third-order valence-electron chi connectivity index (χ3n) is 22.1. The topological polar surface area (TPSA) is 113 Å². The zero-order valence-electron chi connectivity index (χ0n) is 61.3. The minimum absolute atomic E-state index is 0.623. The van der Waals surface area contributed by atoms with Gasteiger partial charge >= 0.3 is 0 Å². The monoisotopic (exact) mass is 1460 g/mol. The Kier molecular flexibility index (Phi) is 15.7. The van der Waals surface area contributed by atoms with Crippen LogP contribution in [0.3, 0.4) is 0 Å². The molecule has 114 heavy (non-hydrogen) atoms. The summed E-state index contributed by atoms with van der Waals surface area (Å²) in [5.74, 6) is 3.80. The number of furan rings is 2. The Hall–Kier alpha value is -15.5. The Morgan fingerprint density at radius 1 is 0.184 bits per heavy atom. The van der Waals surface area contributed by atoms with Crippen LogP contribution >= 0.6 is 0 Å². The molecule has 0 amide bonds. The average molecular weight is 1460 g/mol. The van der Waals surface area contributed by atoms with E-state index in [0.29, 0.717) is 34.9 Å². The summed E-state index contributed by atoms with van der Waals surface area (Å²) in [6, 6.07) is 135. The third-order valence-corrected chi connectivity index (χ3v) is 22.1. The van der Waals surface area contributed by atoms with Crippen molar-refractivity contribution in [3.8, 4) is 113 Å². The van der Waals surface area contributed by atoms with Crippen molar-refractivity contribution in [1.29, 1.82) is 0 Å². The number of fused-ring (bicyclic) bond motifs is 15. The van der Waals surface area contributed by atoms with Crippen molar-refractivity contribution in [3.05, 3.63) is 388 Å². The summed E-state index contributed by atoms with van der Waals surface area (Å²) in [6.45, 7) is 0. The molecule has 0 radical (unpaired) electrons. The van der Waals surface area contributed by atoms with Crippen molar-refractivity contribution in [2.24, 2.45) is 0 Å². The van der Waals surface area contributed by atoms with Gasteiger partial charge in [0.15, 0.2) is 40.5 Å². The van der Waals surface area contributed by atoms with Crippen LogP contribution in [0.25, 0.3) is 222 Å². The predicted molar refractivity (Wildman–Crippen MR) is 467 cm³/mol. The molecule has 532 valence electrons. The summed E-state index contributed by atoms with van der Waals surface area (Å²) in [5.41, 5.74) is 22.3. The van der Waals surface area contributed by atoms with Gasteiger partial charge in [0.05, 0.1) is 38.8 Å². The molecule has 0 spiro atoms. The number of hydrogen-bond donors (Lipinski definition) is 0. The summed E-state index contributed by atoms with van der Waals surface area (Å²) in [7, 11) is 0. The first kappa shape index (κ1) is 65.6. The predicted octanol–water partition coefficient (Wildman–Crippen LogP) is 27.0. The molecule has 0 aliphatic carbocycles. The van der Waals surface area contributed by atoms with Gasteiger partial charge in [-0.15, -0.1) is 0 Å². The first-order chi connectivity index (χ1) is 56.5. The molecule has 10 nitrogen and oxygen atoms in total. The van der Waals surface area contributed by atoms with Gasteiger partial charge in [0.25, 0.3) is 0 Å². The normalized spacial score (nSPS) is 11.7. The minimum atomic E-state index is 0.623. The number of para-hydroxylation sites is 3. The highest BCUT2D eigenvalue weighted by atomic mass is 16.3. The van der Waals surface area contributed by atoms with Crippen LogP contribution in [0.4, 0.5) is 0 Å². The van der Waals surface area contributed by atoms with Gasteiger partial charge in [0, 0.05) is 76.6 Å².